The van der Waals surface area contributed by atoms with Crippen molar-refractivity contribution in [3.05, 3.63) is 255 Å². The molecule has 0 fully saturated rings. The molecule has 0 amide bonds. The minimum absolute atomic E-state index is 0. The third kappa shape index (κ3) is 8.28. The van der Waals surface area contributed by atoms with Gasteiger partial charge >= 0.3 is 0 Å². The summed E-state index contributed by atoms with van der Waals surface area (Å²) in [6.45, 7) is 9.08. The Balaban J connectivity index is 0.00000547. The standard InChI is InChI=1S/C64H47FN5.Pt/c1-64(2,3)57-29-19-28-52(45-22-9-5-10-23-45)63(57)68-43-67(58-30-15-16-31-59(58)68)50-38-46(44-20-7-4-8-21-44)39-51(41-50)69(48-24-11-6-12-25-48)49-34-36-56-54-27-14-13-26-53(54)55-35-33-47(65)40-60(55)70(61(56)42-49)62-32-17-18-37-66-62;/h4-40,43H,1-3H3;/q-3;. The van der Waals surface area contributed by atoms with Crippen LogP contribution in [0.15, 0.2) is 225 Å². The van der Waals surface area contributed by atoms with Gasteiger partial charge in [-0.2, -0.15) is 6.07 Å². The molecule has 348 valence electrons. The van der Waals surface area contributed by atoms with Gasteiger partial charge in [-0.15, -0.1) is 53.8 Å². The zero-order valence-corrected chi connectivity index (χ0v) is 41.6. The topological polar surface area (TPSA) is 25.9 Å². The molecule has 2 aliphatic rings. The Morgan fingerprint density at radius 1 is 0.493 bits per heavy atom. The Morgan fingerprint density at radius 2 is 1.11 bits per heavy atom. The smallest absolute Gasteiger partial charge is 0.135 e. The van der Waals surface area contributed by atoms with Crippen LogP contribution in [0.4, 0.5) is 61.4 Å². The predicted molar refractivity (Wildman–Crippen MR) is 287 cm³/mol. The van der Waals surface area contributed by atoms with E-state index < -0.39 is 0 Å². The van der Waals surface area contributed by atoms with Gasteiger partial charge in [0.1, 0.15) is 11.6 Å². The average molecular weight is 1100 g/mol. The van der Waals surface area contributed by atoms with E-state index in [1.807, 2.05) is 41.3 Å². The molecule has 0 aliphatic carbocycles. The van der Waals surface area contributed by atoms with Crippen molar-refractivity contribution in [2.24, 2.45) is 0 Å². The third-order valence-corrected chi connectivity index (χ3v) is 13.2. The van der Waals surface area contributed by atoms with E-state index in [9.17, 15) is 0 Å². The molecule has 0 N–H and O–H groups in total. The van der Waals surface area contributed by atoms with Crippen molar-refractivity contribution in [2.45, 2.75) is 26.2 Å². The molecule has 12 rings (SSSR count). The summed E-state index contributed by atoms with van der Waals surface area (Å²) in [6, 6.07) is 82.7. The SMILES string of the molecule is CC(C)(C)c1cccc(-c2ccccc2)c1N1[CH-]N(c2[c-]c(N(c3[c-]c4c(cc3)-c3ccccc3-c3ccc(F)cc3N4c3ccccn3)c3ccccc3)cc(-c3ccccc3)c2)c2ccccc21.[Pt]. The quantitative estimate of drug-likeness (QED) is 0.141. The van der Waals surface area contributed by atoms with Crippen molar-refractivity contribution in [3.8, 4) is 44.5 Å². The largest absolute Gasteiger partial charge is 0.493 e. The summed E-state index contributed by atoms with van der Waals surface area (Å²) in [7, 11) is 0. The fourth-order valence-electron chi connectivity index (χ4n) is 10.0. The molecule has 10 aromatic rings. The van der Waals surface area contributed by atoms with Gasteiger partial charge in [0.15, 0.2) is 0 Å². The molecule has 0 radical (unpaired) electrons. The number of aromatic nitrogens is 1. The van der Waals surface area contributed by atoms with Crippen LogP contribution in [0.1, 0.15) is 26.3 Å². The van der Waals surface area contributed by atoms with Crippen molar-refractivity contribution in [2.75, 3.05) is 19.6 Å². The molecule has 0 saturated carbocycles. The number of fused-ring (bicyclic) bond motifs is 6. The number of hydrogen-bond acceptors (Lipinski definition) is 5. The van der Waals surface area contributed by atoms with Gasteiger partial charge in [-0.3, -0.25) is 0 Å². The normalized spacial score (nSPS) is 12.5. The van der Waals surface area contributed by atoms with Gasteiger partial charge in [0.25, 0.3) is 0 Å². The van der Waals surface area contributed by atoms with Crippen molar-refractivity contribution in [1.82, 2.24) is 4.98 Å². The number of rotatable bonds is 8. The summed E-state index contributed by atoms with van der Waals surface area (Å²) >= 11 is 0. The van der Waals surface area contributed by atoms with E-state index in [0.717, 1.165) is 90.0 Å². The first-order valence-corrected chi connectivity index (χ1v) is 23.6. The first-order valence-electron chi connectivity index (χ1n) is 23.6. The van der Waals surface area contributed by atoms with Crippen LogP contribution in [0.5, 0.6) is 0 Å². The van der Waals surface area contributed by atoms with E-state index in [4.69, 9.17) is 4.98 Å². The monoisotopic (exact) mass is 1100 g/mol. The van der Waals surface area contributed by atoms with Crippen molar-refractivity contribution < 1.29 is 25.5 Å². The summed E-state index contributed by atoms with van der Waals surface area (Å²) < 4.78 is 15.6. The molecular formula is C64H47FN5Pt-3. The second-order valence-corrected chi connectivity index (χ2v) is 18.7. The Bertz CT molecular complexity index is 3540. The number of benzene rings is 9. The molecule has 9 aromatic carbocycles. The van der Waals surface area contributed by atoms with Gasteiger partial charge in [-0.05, 0) is 82.3 Å². The minimum Gasteiger partial charge on any atom is -0.493 e. The van der Waals surface area contributed by atoms with Crippen molar-refractivity contribution >= 4 is 57.0 Å². The first kappa shape index (κ1) is 45.4. The fourth-order valence-corrected chi connectivity index (χ4v) is 10.0. The zero-order chi connectivity index (χ0) is 47.3. The van der Waals surface area contributed by atoms with Gasteiger partial charge in [-0.25, -0.2) is 9.37 Å². The van der Waals surface area contributed by atoms with E-state index in [-0.39, 0.29) is 32.3 Å². The second kappa shape index (κ2) is 18.7. The molecule has 0 unspecified atom stereocenters. The second-order valence-electron chi connectivity index (χ2n) is 18.7. The summed E-state index contributed by atoms with van der Waals surface area (Å²) in [4.78, 5) is 13.8. The van der Waals surface area contributed by atoms with Gasteiger partial charge in [0.2, 0.25) is 0 Å². The average Bonchev–Trinajstić information content (AvgIpc) is 3.74. The van der Waals surface area contributed by atoms with Crippen molar-refractivity contribution in [1.29, 1.82) is 0 Å². The third-order valence-electron chi connectivity index (χ3n) is 13.2. The summed E-state index contributed by atoms with van der Waals surface area (Å²) in [5.74, 6) is 0.318. The van der Waals surface area contributed by atoms with Crippen LogP contribution in [0, 0.1) is 24.6 Å². The molecule has 0 atom stereocenters. The Kier molecular flexibility index (Phi) is 12.0. The van der Waals surface area contributed by atoms with Gasteiger partial charge in [-0.1, -0.05) is 183 Å². The Morgan fingerprint density at radius 3 is 1.82 bits per heavy atom. The molecule has 0 bridgehead atoms. The van der Waals surface area contributed by atoms with Crippen LogP contribution in [0.25, 0.3) is 44.5 Å². The van der Waals surface area contributed by atoms with Gasteiger partial charge in [0.05, 0.1) is 5.69 Å². The number of para-hydroxylation sites is 4. The number of hydrogen-bond donors (Lipinski definition) is 0. The van der Waals surface area contributed by atoms with Gasteiger partial charge in [0, 0.05) is 61.1 Å². The van der Waals surface area contributed by atoms with Crippen LogP contribution < -0.4 is 19.6 Å². The van der Waals surface area contributed by atoms with Crippen LogP contribution in [0.3, 0.4) is 0 Å². The van der Waals surface area contributed by atoms with E-state index >= 15 is 4.39 Å². The Labute approximate surface area is 430 Å². The molecule has 2 aliphatic heterocycles. The molecule has 71 heavy (non-hydrogen) atoms. The maximum absolute atomic E-state index is 15.6. The van der Waals surface area contributed by atoms with Crippen LogP contribution in [-0.2, 0) is 26.5 Å². The number of halogens is 1. The van der Waals surface area contributed by atoms with Crippen molar-refractivity contribution in [3.63, 3.8) is 0 Å². The van der Waals surface area contributed by atoms with Crippen LogP contribution >= 0.6 is 0 Å². The summed E-state index contributed by atoms with van der Waals surface area (Å²) in [6.07, 6.45) is 1.77. The minimum atomic E-state index is -0.334. The molecule has 3 heterocycles. The Hall–Kier alpha value is -8.05. The fraction of sp³-hybridized carbons (Fsp3) is 0.0625. The predicted octanol–water partition coefficient (Wildman–Crippen LogP) is 17.4. The van der Waals surface area contributed by atoms with E-state index in [2.05, 4.69) is 224 Å². The molecule has 7 heteroatoms. The number of pyridine rings is 1. The maximum atomic E-state index is 15.6. The summed E-state index contributed by atoms with van der Waals surface area (Å²) in [5.41, 5.74) is 17.4. The first-order chi connectivity index (χ1) is 34.3. The molecule has 0 saturated heterocycles. The molecular weight excluding hydrogens is 1050 g/mol. The van der Waals surface area contributed by atoms with Gasteiger partial charge < -0.3 is 19.6 Å². The van der Waals surface area contributed by atoms with Crippen LogP contribution in [-0.4, -0.2) is 4.98 Å². The number of anilines is 10. The van der Waals surface area contributed by atoms with Crippen LogP contribution in [0.2, 0.25) is 0 Å². The van der Waals surface area contributed by atoms with E-state index in [1.54, 1.807) is 12.3 Å². The maximum Gasteiger partial charge on any atom is 0.135 e. The van der Waals surface area contributed by atoms with E-state index in [1.165, 1.54) is 11.6 Å². The molecule has 1 aromatic heterocycles. The van der Waals surface area contributed by atoms with E-state index in [0.29, 0.717) is 11.5 Å². The zero-order valence-electron chi connectivity index (χ0n) is 39.4. The summed E-state index contributed by atoms with van der Waals surface area (Å²) in [5, 5.41) is 0. The molecule has 5 nitrogen and oxygen atoms in total. The number of nitrogens with zero attached hydrogens (tertiary/aromatic N) is 5. The molecule has 0 spiro atoms.